The molecule has 0 aromatic heterocycles. The highest BCUT2D eigenvalue weighted by atomic mass is 79.9. The van der Waals surface area contributed by atoms with Gasteiger partial charge in [0.05, 0.1) is 0 Å². The molecule has 0 saturated carbocycles. The number of anilines is 2. The Morgan fingerprint density at radius 1 is 1.19 bits per heavy atom. The van der Waals surface area contributed by atoms with E-state index in [1.54, 1.807) is 6.07 Å². The molecule has 0 bridgehead atoms. The van der Waals surface area contributed by atoms with Gasteiger partial charge in [0.1, 0.15) is 0 Å². The third-order valence-corrected chi connectivity index (χ3v) is 3.93. The first-order chi connectivity index (χ1) is 10.1. The van der Waals surface area contributed by atoms with Crippen LogP contribution in [0.15, 0.2) is 46.9 Å². The number of carbonyl (C=O) groups is 1. The zero-order valence-electron chi connectivity index (χ0n) is 11.6. The van der Waals surface area contributed by atoms with Crippen LogP contribution >= 0.6 is 27.5 Å². The Hall–Kier alpha value is -1.52. The summed E-state index contributed by atoms with van der Waals surface area (Å²) in [4.78, 5) is 11.9. The average molecular weight is 368 g/mol. The van der Waals surface area contributed by atoms with Crippen LogP contribution in [-0.2, 0) is 4.79 Å². The van der Waals surface area contributed by atoms with E-state index in [-0.39, 0.29) is 5.91 Å². The van der Waals surface area contributed by atoms with Crippen LogP contribution in [0.25, 0.3) is 0 Å². The molecule has 2 rings (SSSR count). The lowest BCUT2D eigenvalue weighted by Crippen LogP contribution is -2.16. The Morgan fingerprint density at radius 2 is 1.95 bits per heavy atom. The van der Waals surface area contributed by atoms with Crippen molar-refractivity contribution in [1.82, 2.24) is 0 Å². The molecule has 0 radical (unpaired) electrons. The molecule has 0 unspecified atom stereocenters. The molecular formula is C16H16BrClN2O. The maximum atomic E-state index is 11.9. The Bertz CT molecular complexity index is 646. The number of hydrogen-bond acceptors (Lipinski definition) is 2. The molecule has 2 aromatic carbocycles. The maximum absolute atomic E-state index is 11.9. The molecule has 3 nitrogen and oxygen atoms in total. The molecule has 110 valence electrons. The first-order valence-electron chi connectivity index (χ1n) is 6.60. The standard InChI is InChI=1S/C16H16BrClN2O/c1-11-10-12(18)6-7-14(11)20-16(21)8-9-19-15-5-3-2-4-13(15)17/h2-7,10,19H,8-9H2,1H3,(H,20,21). The van der Waals surface area contributed by atoms with Gasteiger partial charge in [0, 0.05) is 33.8 Å². The summed E-state index contributed by atoms with van der Waals surface area (Å²) in [5, 5.41) is 6.78. The van der Waals surface area contributed by atoms with Crippen molar-refractivity contribution in [3.63, 3.8) is 0 Å². The zero-order valence-corrected chi connectivity index (χ0v) is 14.0. The largest absolute Gasteiger partial charge is 0.384 e. The van der Waals surface area contributed by atoms with Crippen molar-refractivity contribution in [3.05, 3.63) is 57.5 Å². The van der Waals surface area contributed by atoms with Crippen LogP contribution in [0.5, 0.6) is 0 Å². The Morgan fingerprint density at radius 3 is 2.67 bits per heavy atom. The van der Waals surface area contributed by atoms with Crippen LogP contribution in [0.4, 0.5) is 11.4 Å². The van der Waals surface area contributed by atoms with Crippen LogP contribution in [0, 0.1) is 6.92 Å². The first-order valence-corrected chi connectivity index (χ1v) is 7.78. The van der Waals surface area contributed by atoms with Crippen molar-refractivity contribution in [2.45, 2.75) is 13.3 Å². The maximum Gasteiger partial charge on any atom is 0.226 e. The number of para-hydroxylation sites is 1. The van der Waals surface area contributed by atoms with Gasteiger partial charge in [-0.25, -0.2) is 0 Å². The predicted octanol–water partition coefficient (Wildman–Crippen LogP) is 4.85. The summed E-state index contributed by atoms with van der Waals surface area (Å²) in [6.07, 6.45) is 0.392. The summed E-state index contributed by atoms with van der Waals surface area (Å²) >= 11 is 9.35. The topological polar surface area (TPSA) is 41.1 Å². The number of amides is 1. The average Bonchev–Trinajstić information content (AvgIpc) is 2.44. The molecule has 0 aliphatic heterocycles. The number of halogens is 2. The summed E-state index contributed by atoms with van der Waals surface area (Å²) in [7, 11) is 0. The number of carbonyl (C=O) groups excluding carboxylic acids is 1. The quantitative estimate of drug-likeness (QED) is 0.793. The van der Waals surface area contributed by atoms with Crippen LogP contribution in [0.2, 0.25) is 5.02 Å². The summed E-state index contributed by atoms with van der Waals surface area (Å²) < 4.78 is 0.985. The number of benzene rings is 2. The van der Waals surface area contributed by atoms with Gasteiger partial charge in [0.25, 0.3) is 0 Å². The first kappa shape index (κ1) is 15.9. The molecule has 1 amide bonds. The minimum atomic E-state index is -0.0278. The Kier molecular flexibility index (Phi) is 5.65. The van der Waals surface area contributed by atoms with Crippen molar-refractivity contribution >= 4 is 44.8 Å². The molecule has 0 heterocycles. The van der Waals surface area contributed by atoms with Crippen LogP contribution in [0.1, 0.15) is 12.0 Å². The van der Waals surface area contributed by atoms with Crippen LogP contribution < -0.4 is 10.6 Å². The van der Waals surface area contributed by atoms with Gasteiger partial charge in [-0.05, 0) is 58.7 Å². The van der Waals surface area contributed by atoms with Crippen LogP contribution in [-0.4, -0.2) is 12.5 Å². The van der Waals surface area contributed by atoms with Crippen molar-refractivity contribution in [2.24, 2.45) is 0 Å². The lowest BCUT2D eigenvalue weighted by molar-refractivity contribution is -0.115. The van der Waals surface area contributed by atoms with Crippen molar-refractivity contribution in [1.29, 1.82) is 0 Å². The Balaban J connectivity index is 1.84. The fraction of sp³-hybridized carbons (Fsp3) is 0.188. The van der Waals surface area contributed by atoms with E-state index in [4.69, 9.17) is 11.6 Å². The lowest BCUT2D eigenvalue weighted by Gasteiger charge is -2.10. The fourth-order valence-corrected chi connectivity index (χ4v) is 2.55. The highest BCUT2D eigenvalue weighted by Crippen LogP contribution is 2.21. The van der Waals surface area contributed by atoms with E-state index in [9.17, 15) is 4.79 Å². The van der Waals surface area contributed by atoms with E-state index in [2.05, 4.69) is 26.6 Å². The third-order valence-electron chi connectivity index (χ3n) is 3.00. The van der Waals surface area contributed by atoms with Crippen LogP contribution in [0.3, 0.4) is 0 Å². The molecule has 5 heteroatoms. The van der Waals surface area contributed by atoms with Gasteiger partial charge in [0.2, 0.25) is 5.91 Å². The fourth-order valence-electron chi connectivity index (χ4n) is 1.90. The second-order valence-electron chi connectivity index (χ2n) is 4.66. The summed E-state index contributed by atoms with van der Waals surface area (Å²) in [5.41, 5.74) is 2.73. The van der Waals surface area contributed by atoms with Gasteiger partial charge in [-0.15, -0.1) is 0 Å². The number of nitrogens with one attached hydrogen (secondary N) is 2. The second kappa shape index (κ2) is 7.48. The number of rotatable bonds is 5. The molecule has 0 saturated heterocycles. The minimum Gasteiger partial charge on any atom is -0.384 e. The summed E-state index contributed by atoms with van der Waals surface area (Å²) in [6, 6.07) is 13.2. The second-order valence-corrected chi connectivity index (χ2v) is 5.95. The third kappa shape index (κ3) is 4.76. The van der Waals surface area contributed by atoms with E-state index in [1.807, 2.05) is 43.3 Å². The molecule has 0 aliphatic rings. The predicted molar refractivity (Wildman–Crippen MR) is 92.1 cm³/mol. The Labute approximate surface area is 137 Å². The molecular weight excluding hydrogens is 352 g/mol. The van der Waals surface area contributed by atoms with Gasteiger partial charge in [-0.2, -0.15) is 0 Å². The van der Waals surface area contributed by atoms with Crippen molar-refractivity contribution < 1.29 is 4.79 Å². The molecule has 0 fully saturated rings. The molecule has 2 aromatic rings. The summed E-state index contributed by atoms with van der Waals surface area (Å²) in [5.74, 6) is -0.0278. The van der Waals surface area contributed by atoms with E-state index in [0.29, 0.717) is 18.0 Å². The monoisotopic (exact) mass is 366 g/mol. The highest BCUT2D eigenvalue weighted by Gasteiger charge is 2.05. The van der Waals surface area contributed by atoms with E-state index in [0.717, 1.165) is 21.4 Å². The van der Waals surface area contributed by atoms with E-state index in [1.165, 1.54) is 0 Å². The molecule has 21 heavy (non-hydrogen) atoms. The number of aryl methyl sites for hydroxylation is 1. The molecule has 0 spiro atoms. The van der Waals surface area contributed by atoms with Gasteiger partial charge in [-0.1, -0.05) is 23.7 Å². The van der Waals surface area contributed by atoms with Gasteiger partial charge < -0.3 is 10.6 Å². The normalized spacial score (nSPS) is 10.2. The van der Waals surface area contributed by atoms with Crippen molar-refractivity contribution in [3.8, 4) is 0 Å². The van der Waals surface area contributed by atoms with Gasteiger partial charge >= 0.3 is 0 Å². The molecule has 0 aliphatic carbocycles. The molecule has 2 N–H and O–H groups in total. The molecule has 0 atom stereocenters. The van der Waals surface area contributed by atoms with Gasteiger partial charge in [-0.3, -0.25) is 4.79 Å². The summed E-state index contributed by atoms with van der Waals surface area (Å²) in [6.45, 7) is 2.49. The zero-order chi connectivity index (χ0) is 15.2. The van der Waals surface area contributed by atoms with Gasteiger partial charge in [0.15, 0.2) is 0 Å². The smallest absolute Gasteiger partial charge is 0.226 e. The van der Waals surface area contributed by atoms with Crippen molar-refractivity contribution in [2.75, 3.05) is 17.2 Å². The minimum absolute atomic E-state index is 0.0278. The van der Waals surface area contributed by atoms with E-state index >= 15 is 0 Å². The van der Waals surface area contributed by atoms with E-state index < -0.39 is 0 Å². The highest BCUT2D eigenvalue weighted by molar-refractivity contribution is 9.10. The SMILES string of the molecule is Cc1cc(Cl)ccc1NC(=O)CCNc1ccccc1Br. The lowest BCUT2D eigenvalue weighted by atomic mass is 10.2. The number of hydrogen-bond donors (Lipinski definition) is 2.